The van der Waals surface area contributed by atoms with Crippen molar-refractivity contribution in [3.8, 4) is 0 Å². The van der Waals surface area contributed by atoms with Crippen LogP contribution in [0.15, 0.2) is 83.4 Å². The van der Waals surface area contributed by atoms with Crippen LogP contribution >= 0.6 is 11.8 Å². The van der Waals surface area contributed by atoms with Crippen LogP contribution in [0.3, 0.4) is 0 Å². The second-order valence-corrected chi connectivity index (χ2v) is 11.1. The summed E-state index contributed by atoms with van der Waals surface area (Å²) in [6, 6.07) is 14.2. The summed E-state index contributed by atoms with van der Waals surface area (Å²) in [5.41, 5.74) is 8.17. The van der Waals surface area contributed by atoms with Gasteiger partial charge in [-0.05, 0) is 44.0 Å². The van der Waals surface area contributed by atoms with Gasteiger partial charge in [-0.3, -0.25) is 19.0 Å². The first-order valence-corrected chi connectivity index (χ1v) is 14.4. The highest BCUT2D eigenvalue weighted by molar-refractivity contribution is 8.00. The standard InChI is InChI=1S/C20H24N2O5S.C7H8O3S/c1-4-10-28-12-15(23)27-19-16(21)18(24)22(19)17(13(2)3)20(25)26-11-14-8-6-5-7-9-14;1-6-2-4-7(5-3-6)11(8,9)10/h4-9,16,19H,1,10-12,21H2,2-3H3;2-5H,1H3,(H,8,9,10)/t16-,19-;/m1./s1. The van der Waals surface area contributed by atoms with Crippen LogP contribution in [-0.4, -0.2) is 59.5 Å². The largest absolute Gasteiger partial charge is 0.456 e. The van der Waals surface area contributed by atoms with E-state index in [1.165, 1.54) is 23.9 Å². The van der Waals surface area contributed by atoms with Gasteiger partial charge >= 0.3 is 11.9 Å². The summed E-state index contributed by atoms with van der Waals surface area (Å²) in [6.45, 7) is 8.83. The molecule has 1 saturated heterocycles. The summed E-state index contributed by atoms with van der Waals surface area (Å²) in [7, 11) is -4.02. The van der Waals surface area contributed by atoms with Crippen molar-refractivity contribution in [2.24, 2.45) is 5.73 Å². The zero-order valence-corrected chi connectivity index (χ0v) is 23.5. The second-order valence-electron chi connectivity index (χ2n) is 8.62. The lowest BCUT2D eigenvalue weighted by atomic mass is 10.0. The van der Waals surface area contributed by atoms with Crippen molar-refractivity contribution in [3.05, 3.63) is 89.6 Å². The Bertz CT molecular complexity index is 1310. The van der Waals surface area contributed by atoms with Crippen molar-refractivity contribution >= 4 is 39.7 Å². The quantitative estimate of drug-likeness (QED) is 0.108. The van der Waals surface area contributed by atoms with Crippen molar-refractivity contribution in [2.45, 2.75) is 44.5 Å². The van der Waals surface area contributed by atoms with Gasteiger partial charge in [0, 0.05) is 5.75 Å². The Kier molecular flexibility index (Phi) is 11.9. The third kappa shape index (κ3) is 9.36. The number of likely N-dealkylation sites (tertiary alicyclic amines) is 1. The lowest BCUT2D eigenvalue weighted by Crippen LogP contribution is -2.70. The lowest BCUT2D eigenvalue weighted by molar-refractivity contribution is -0.184. The number of aryl methyl sites for hydroxylation is 1. The Hall–Kier alpha value is -3.45. The molecule has 0 unspecified atom stereocenters. The smallest absolute Gasteiger partial charge is 0.355 e. The molecule has 2 aromatic carbocycles. The van der Waals surface area contributed by atoms with Gasteiger partial charge in [0.05, 0.1) is 10.6 Å². The van der Waals surface area contributed by atoms with Gasteiger partial charge in [-0.1, -0.05) is 54.1 Å². The Morgan fingerprint density at radius 2 is 1.74 bits per heavy atom. The van der Waals surface area contributed by atoms with E-state index in [2.05, 4.69) is 6.58 Å². The van der Waals surface area contributed by atoms with Crippen LogP contribution in [0, 0.1) is 6.92 Å². The summed E-state index contributed by atoms with van der Waals surface area (Å²) in [6.07, 6.45) is 0.644. The molecule has 12 heteroatoms. The first-order chi connectivity index (χ1) is 18.4. The predicted octanol–water partition coefficient (Wildman–Crippen LogP) is 3.22. The fourth-order valence-corrected chi connectivity index (χ4v) is 4.29. The SMILES string of the molecule is C=CCSCC(=O)O[C@@H]1[C@H](N)C(=O)N1C(C(=O)OCc1ccccc1)=C(C)C.Cc1ccc(S(=O)(=O)O)cc1. The van der Waals surface area contributed by atoms with Crippen molar-refractivity contribution in [2.75, 3.05) is 11.5 Å². The molecule has 1 aliphatic heterocycles. The number of β-lactam (4-membered cyclic amide) rings is 1. The summed E-state index contributed by atoms with van der Waals surface area (Å²) >= 11 is 1.33. The molecule has 0 saturated carbocycles. The van der Waals surface area contributed by atoms with E-state index < -0.39 is 40.2 Å². The van der Waals surface area contributed by atoms with E-state index in [-0.39, 0.29) is 23.0 Å². The van der Waals surface area contributed by atoms with Crippen LogP contribution in [0.1, 0.15) is 25.0 Å². The molecule has 1 heterocycles. The Morgan fingerprint density at radius 1 is 1.13 bits per heavy atom. The molecule has 0 aliphatic carbocycles. The number of esters is 2. The molecule has 0 spiro atoms. The number of nitrogens with zero attached hydrogens (tertiary/aromatic N) is 1. The number of thioether (sulfide) groups is 1. The summed E-state index contributed by atoms with van der Waals surface area (Å²) in [5.74, 6) is -0.995. The highest BCUT2D eigenvalue weighted by Gasteiger charge is 2.51. The Morgan fingerprint density at radius 3 is 2.28 bits per heavy atom. The molecule has 210 valence electrons. The van der Waals surface area contributed by atoms with Crippen molar-refractivity contribution in [1.82, 2.24) is 4.90 Å². The zero-order valence-electron chi connectivity index (χ0n) is 21.9. The van der Waals surface area contributed by atoms with Crippen LogP contribution in [0.25, 0.3) is 0 Å². The number of rotatable bonds is 10. The van der Waals surface area contributed by atoms with Gasteiger partial charge in [0.25, 0.3) is 16.0 Å². The Labute approximate surface area is 232 Å². The van der Waals surface area contributed by atoms with Crippen LogP contribution < -0.4 is 5.73 Å². The van der Waals surface area contributed by atoms with Gasteiger partial charge in [0.2, 0.25) is 6.23 Å². The summed E-state index contributed by atoms with van der Waals surface area (Å²) < 4.78 is 40.2. The molecule has 0 radical (unpaired) electrons. The van der Waals surface area contributed by atoms with Gasteiger partial charge in [0.1, 0.15) is 18.3 Å². The minimum Gasteiger partial charge on any atom is -0.456 e. The number of amides is 1. The van der Waals surface area contributed by atoms with Crippen LogP contribution in [0.5, 0.6) is 0 Å². The number of hydrogen-bond acceptors (Lipinski definition) is 9. The van der Waals surface area contributed by atoms with E-state index in [9.17, 15) is 22.8 Å². The third-order valence-electron chi connectivity index (χ3n) is 5.23. The molecular formula is C27H32N2O8S2. The first kappa shape index (κ1) is 31.8. The molecule has 1 aliphatic rings. The maximum absolute atomic E-state index is 12.6. The van der Waals surface area contributed by atoms with Gasteiger partial charge in [-0.2, -0.15) is 8.42 Å². The lowest BCUT2D eigenvalue weighted by Gasteiger charge is -2.44. The third-order valence-corrected chi connectivity index (χ3v) is 7.01. The fourth-order valence-electron chi connectivity index (χ4n) is 3.29. The molecule has 39 heavy (non-hydrogen) atoms. The summed E-state index contributed by atoms with van der Waals surface area (Å²) in [5, 5.41) is 0. The molecule has 1 fully saturated rings. The van der Waals surface area contributed by atoms with Crippen molar-refractivity contribution in [1.29, 1.82) is 0 Å². The van der Waals surface area contributed by atoms with Crippen LogP contribution in [-0.2, 0) is 40.6 Å². The highest BCUT2D eigenvalue weighted by Crippen LogP contribution is 2.28. The minimum atomic E-state index is -4.02. The number of hydrogen-bond donors (Lipinski definition) is 2. The average molecular weight is 577 g/mol. The number of benzene rings is 2. The normalized spacial score (nSPS) is 16.2. The minimum absolute atomic E-state index is 0.0409. The number of nitrogens with two attached hydrogens (primary N) is 1. The highest BCUT2D eigenvalue weighted by atomic mass is 32.2. The van der Waals surface area contributed by atoms with Crippen LogP contribution in [0.4, 0.5) is 0 Å². The van der Waals surface area contributed by atoms with Crippen LogP contribution in [0.2, 0.25) is 0 Å². The average Bonchev–Trinajstić information content (AvgIpc) is 2.89. The molecule has 2 atom stereocenters. The fraction of sp³-hybridized carbons (Fsp3) is 0.296. The van der Waals surface area contributed by atoms with Crippen molar-refractivity contribution in [3.63, 3.8) is 0 Å². The van der Waals surface area contributed by atoms with Gasteiger partial charge in [0.15, 0.2) is 0 Å². The predicted molar refractivity (Wildman–Crippen MR) is 148 cm³/mol. The van der Waals surface area contributed by atoms with Gasteiger partial charge in [-0.25, -0.2) is 4.79 Å². The zero-order chi connectivity index (χ0) is 29.2. The molecule has 3 N–H and O–H groups in total. The molecule has 1 amide bonds. The molecular weight excluding hydrogens is 544 g/mol. The number of carbonyl (C=O) groups is 3. The molecule has 3 rings (SSSR count). The van der Waals surface area contributed by atoms with E-state index >= 15 is 0 Å². The number of ether oxygens (including phenoxy) is 2. The summed E-state index contributed by atoms with van der Waals surface area (Å²) in [4.78, 5) is 37.9. The van der Waals surface area contributed by atoms with E-state index in [0.29, 0.717) is 11.3 Å². The molecule has 0 aromatic heterocycles. The number of allylic oxidation sites excluding steroid dienone is 1. The molecule has 0 bridgehead atoms. The van der Waals surface area contributed by atoms with E-state index in [4.69, 9.17) is 19.8 Å². The first-order valence-electron chi connectivity index (χ1n) is 11.8. The maximum atomic E-state index is 12.6. The van der Waals surface area contributed by atoms with Gasteiger partial charge < -0.3 is 15.2 Å². The topological polar surface area (TPSA) is 153 Å². The van der Waals surface area contributed by atoms with E-state index in [0.717, 1.165) is 16.0 Å². The second kappa shape index (κ2) is 14.6. The van der Waals surface area contributed by atoms with Crippen molar-refractivity contribution < 1.29 is 36.8 Å². The van der Waals surface area contributed by atoms with E-state index in [1.807, 2.05) is 37.3 Å². The van der Waals surface area contributed by atoms with Gasteiger partial charge in [-0.15, -0.1) is 18.3 Å². The Balaban J connectivity index is 0.000000404. The van der Waals surface area contributed by atoms with E-state index in [1.54, 1.807) is 32.1 Å². The monoisotopic (exact) mass is 576 g/mol. The number of carbonyl (C=O) groups excluding carboxylic acids is 3. The maximum Gasteiger partial charge on any atom is 0.355 e. The molecule has 10 nitrogen and oxygen atoms in total. The molecule has 2 aromatic rings.